The molecule has 1 amide bonds. The highest BCUT2D eigenvalue weighted by atomic mass is 32.2. The fraction of sp³-hybridized carbons (Fsp3) is 0.368. The largest absolute Gasteiger partial charge is 0.433 e. The number of alkyl halides is 3. The maximum absolute atomic E-state index is 12.7. The Morgan fingerprint density at radius 2 is 1.72 bits per heavy atom. The van der Waals surface area contributed by atoms with Crippen LogP contribution in [0.2, 0.25) is 0 Å². The van der Waals surface area contributed by atoms with Gasteiger partial charge in [0.25, 0.3) is 0 Å². The Morgan fingerprint density at radius 3 is 2.34 bits per heavy atom. The zero-order valence-electron chi connectivity index (χ0n) is 15.4. The predicted octanol–water partition coefficient (Wildman–Crippen LogP) is 3.46. The highest BCUT2D eigenvalue weighted by Gasteiger charge is 2.32. The van der Waals surface area contributed by atoms with Crippen molar-refractivity contribution < 1.29 is 26.4 Å². The fourth-order valence-corrected chi connectivity index (χ4v) is 4.55. The number of aryl methyl sites for hydroxylation is 1. The molecule has 10 heteroatoms. The van der Waals surface area contributed by atoms with Crippen molar-refractivity contribution in [1.29, 1.82) is 0 Å². The zero-order chi connectivity index (χ0) is 21.1. The number of carbonyl (C=O) groups is 1. The van der Waals surface area contributed by atoms with Crippen LogP contribution in [0.25, 0.3) is 0 Å². The monoisotopic (exact) mass is 427 g/mol. The normalized spacial score (nSPS) is 15.4. The Hall–Kier alpha value is -2.46. The summed E-state index contributed by atoms with van der Waals surface area (Å²) in [6.45, 7) is 1.04. The summed E-state index contributed by atoms with van der Waals surface area (Å²) in [5.74, 6) is -0.650. The molecule has 0 unspecified atom stereocenters. The number of hydrogen-bond donors (Lipinski definition) is 1. The van der Waals surface area contributed by atoms with Crippen LogP contribution in [0.15, 0.2) is 47.4 Å². The smallest absolute Gasteiger partial charge is 0.311 e. The van der Waals surface area contributed by atoms with Crippen LogP contribution in [-0.4, -0.2) is 36.7 Å². The lowest BCUT2D eigenvalue weighted by Gasteiger charge is -2.15. The van der Waals surface area contributed by atoms with Crippen LogP contribution in [0.5, 0.6) is 0 Å². The molecule has 0 spiro atoms. The summed E-state index contributed by atoms with van der Waals surface area (Å²) in [4.78, 5) is 15.6. The minimum Gasteiger partial charge on any atom is -0.311 e. The van der Waals surface area contributed by atoms with E-state index in [4.69, 9.17) is 0 Å². The first-order chi connectivity index (χ1) is 13.7. The van der Waals surface area contributed by atoms with Crippen molar-refractivity contribution in [2.24, 2.45) is 0 Å². The topological polar surface area (TPSA) is 79.4 Å². The molecule has 0 radical (unpaired) electrons. The molecule has 1 aromatic carbocycles. The number of benzene rings is 1. The van der Waals surface area contributed by atoms with Gasteiger partial charge in [-0.2, -0.15) is 17.5 Å². The molecule has 1 aliphatic rings. The summed E-state index contributed by atoms with van der Waals surface area (Å²) < 4.78 is 64.4. The quantitative estimate of drug-likeness (QED) is 0.766. The molecule has 156 valence electrons. The molecule has 1 aliphatic heterocycles. The van der Waals surface area contributed by atoms with E-state index < -0.39 is 27.8 Å². The lowest BCUT2D eigenvalue weighted by atomic mass is 10.1. The van der Waals surface area contributed by atoms with Crippen LogP contribution in [-0.2, 0) is 27.4 Å². The van der Waals surface area contributed by atoms with E-state index >= 15 is 0 Å². The molecule has 0 atom stereocenters. The third-order valence-corrected chi connectivity index (χ3v) is 6.49. The van der Waals surface area contributed by atoms with Crippen molar-refractivity contribution in [3.05, 3.63) is 53.7 Å². The second-order valence-corrected chi connectivity index (χ2v) is 8.65. The van der Waals surface area contributed by atoms with Crippen LogP contribution >= 0.6 is 0 Å². The van der Waals surface area contributed by atoms with Gasteiger partial charge in [-0.1, -0.05) is 18.2 Å². The van der Waals surface area contributed by atoms with Crippen molar-refractivity contribution in [2.45, 2.75) is 36.8 Å². The van der Waals surface area contributed by atoms with Gasteiger partial charge in [-0.05, 0) is 49.1 Å². The molecule has 0 bridgehead atoms. The molecule has 0 aliphatic carbocycles. The summed E-state index contributed by atoms with van der Waals surface area (Å²) in [7, 11) is -3.49. The summed E-state index contributed by atoms with van der Waals surface area (Å²) in [5, 5.41) is 2.34. The maximum atomic E-state index is 12.7. The molecule has 1 saturated heterocycles. The van der Waals surface area contributed by atoms with E-state index in [0.29, 0.717) is 19.5 Å². The van der Waals surface area contributed by atoms with Crippen LogP contribution in [0.4, 0.5) is 19.0 Å². The number of nitrogens with one attached hydrogen (secondary N) is 1. The molecular formula is C19H20F3N3O3S. The number of nitrogens with zero attached hydrogens (tertiary/aromatic N) is 2. The van der Waals surface area contributed by atoms with Crippen LogP contribution in [0.3, 0.4) is 0 Å². The minimum atomic E-state index is -4.59. The van der Waals surface area contributed by atoms with E-state index in [9.17, 15) is 26.4 Å². The van der Waals surface area contributed by atoms with Gasteiger partial charge in [0, 0.05) is 19.5 Å². The van der Waals surface area contributed by atoms with Gasteiger partial charge in [0.1, 0.15) is 11.5 Å². The van der Waals surface area contributed by atoms with E-state index in [1.54, 1.807) is 12.1 Å². The maximum Gasteiger partial charge on any atom is 0.433 e. The van der Waals surface area contributed by atoms with Crippen LogP contribution in [0, 0.1) is 0 Å². The standard InChI is InChI=1S/C19H20F3N3O3S/c20-19(21,22)16-4-3-5-17(23-16)24-18(26)11-8-14-6-9-15(10-7-14)29(27,28)25-12-1-2-13-25/h3-7,9-10H,1-2,8,11-13H2,(H,23,24,26). The third kappa shape index (κ3) is 5.33. The molecular weight excluding hydrogens is 407 g/mol. The first kappa shape index (κ1) is 21.3. The summed E-state index contributed by atoms with van der Waals surface area (Å²) in [5.41, 5.74) is -0.331. The lowest BCUT2D eigenvalue weighted by molar-refractivity contribution is -0.141. The lowest BCUT2D eigenvalue weighted by Crippen LogP contribution is -2.27. The molecule has 6 nitrogen and oxygen atoms in total. The number of pyridine rings is 1. The number of halogens is 3. The predicted molar refractivity (Wildman–Crippen MR) is 101 cm³/mol. The van der Waals surface area contributed by atoms with E-state index in [1.165, 1.54) is 28.6 Å². The highest BCUT2D eigenvalue weighted by Crippen LogP contribution is 2.28. The zero-order valence-corrected chi connectivity index (χ0v) is 16.3. The molecule has 3 rings (SSSR count). The second-order valence-electron chi connectivity index (χ2n) is 6.71. The van der Waals surface area contributed by atoms with Crippen molar-refractivity contribution in [3.8, 4) is 0 Å². The molecule has 1 aromatic heterocycles. The molecule has 2 heterocycles. The summed E-state index contributed by atoms with van der Waals surface area (Å²) in [6.07, 6.45) is -2.54. The van der Waals surface area contributed by atoms with Gasteiger partial charge in [0.05, 0.1) is 4.90 Å². The van der Waals surface area contributed by atoms with Gasteiger partial charge >= 0.3 is 6.18 Å². The van der Waals surface area contributed by atoms with Gasteiger partial charge in [-0.25, -0.2) is 13.4 Å². The van der Waals surface area contributed by atoms with Crippen molar-refractivity contribution in [1.82, 2.24) is 9.29 Å². The Kier molecular flexibility index (Phi) is 6.23. The average Bonchev–Trinajstić information content (AvgIpc) is 3.22. The van der Waals surface area contributed by atoms with Gasteiger partial charge in [-0.3, -0.25) is 4.79 Å². The SMILES string of the molecule is O=C(CCc1ccc(S(=O)(=O)N2CCCC2)cc1)Nc1cccc(C(F)(F)F)n1. The molecule has 1 N–H and O–H groups in total. The van der Waals surface area contributed by atoms with Crippen molar-refractivity contribution >= 4 is 21.7 Å². The van der Waals surface area contributed by atoms with Crippen molar-refractivity contribution in [3.63, 3.8) is 0 Å². The number of hydrogen-bond acceptors (Lipinski definition) is 4. The Labute approximate surface area is 166 Å². The van der Waals surface area contributed by atoms with E-state index in [0.717, 1.165) is 24.5 Å². The van der Waals surface area contributed by atoms with Gasteiger partial charge in [0.15, 0.2) is 0 Å². The number of anilines is 1. The fourth-order valence-electron chi connectivity index (χ4n) is 3.03. The molecule has 29 heavy (non-hydrogen) atoms. The number of aromatic nitrogens is 1. The summed E-state index contributed by atoms with van der Waals surface area (Å²) >= 11 is 0. The Bertz CT molecular complexity index is 970. The Morgan fingerprint density at radius 1 is 1.07 bits per heavy atom. The van der Waals surface area contributed by atoms with E-state index in [-0.39, 0.29) is 17.1 Å². The number of rotatable bonds is 6. The van der Waals surface area contributed by atoms with Crippen LogP contribution < -0.4 is 5.32 Å². The molecule has 2 aromatic rings. The van der Waals surface area contributed by atoms with Gasteiger partial charge in [-0.15, -0.1) is 0 Å². The first-order valence-corrected chi connectivity index (χ1v) is 10.5. The highest BCUT2D eigenvalue weighted by molar-refractivity contribution is 7.89. The van der Waals surface area contributed by atoms with Crippen molar-refractivity contribution in [2.75, 3.05) is 18.4 Å². The minimum absolute atomic E-state index is 0.0240. The first-order valence-electron chi connectivity index (χ1n) is 9.09. The molecule has 0 saturated carbocycles. The number of carbonyl (C=O) groups excluding carboxylic acids is 1. The molecule has 1 fully saturated rings. The van der Waals surface area contributed by atoms with E-state index in [1.807, 2.05) is 0 Å². The van der Waals surface area contributed by atoms with E-state index in [2.05, 4.69) is 10.3 Å². The summed E-state index contributed by atoms with van der Waals surface area (Å²) in [6, 6.07) is 9.57. The van der Waals surface area contributed by atoms with Gasteiger partial charge < -0.3 is 5.32 Å². The average molecular weight is 427 g/mol. The third-order valence-electron chi connectivity index (χ3n) is 4.57. The Balaban J connectivity index is 1.57. The number of amides is 1. The number of sulfonamides is 1. The second kappa shape index (κ2) is 8.50. The van der Waals surface area contributed by atoms with Crippen LogP contribution in [0.1, 0.15) is 30.5 Å². The van der Waals surface area contributed by atoms with Gasteiger partial charge in [0.2, 0.25) is 15.9 Å².